The van der Waals surface area contributed by atoms with Crippen LogP contribution in [0.3, 0.4) is 0 Å². The summed E-state index contributed by atoms with van der Waals surface area (Å²) < 4.78 is 0. The van der Waals surface area contributed by atoms with Crippen molar-refractivity contribution in [3.8, 4) is 0 Å². The van der Waals surface area contributed by atoms with Gasteiger partial charge in [-0.2, -0.15) is 0 Å². The van der Waals surface area contributed by atoms with Gasteiger partial charge in [0.05, 0.1) is 11.4 Å². The molecule has 0 aromatic carbocycles. The first kappa shape index (κ1) is 13.4. The third-order valence-electron chi connectivity index (χ3n) is 2.25. The Morgan fingerprint density at radius 1 is 1.29 bits per heavy atom. The molecule has 1 unspecified atom stereocenters. The van der Waals surface area contributed by atoms with Crippen molar-refractivity contribution in [3.63, 3.8) is 0 Å². The van der Waals surface area contributed by atoms with E-state index in [1.54, 1.807) is 13.1 Å². The molecule has 5 heteroatoms. The van der Waals surface area contributed by atoms with E-state index in [2.05, 4.69) is 20.6 Å². The van der Waals surface area contributed by atoms with Crippen molar-refractivity contribution in [2.75, 3.05) is 5.32 Å². The molecule has 0 aliphatic heterocycles. The van der Waals surface area contributed by atoms with Crippen LogP contribution in [-0.2, 0) is 4.79 Å². The van der Waals surface area contributed by atoms with Crippen molar-refractivity contribution >= 4 is 11.7 Å². The molecule has 1 heterocycles. The van der Waals surface area contributed by atoms with Gasteiger partial charge in [-0.15, -0.1) is 0 Å². The van der Waals surface area contributed by atoms with Crippen LogP contribution >= 0.6 is 0 Å². The summed E-state index contributed by atoms with van der Waals surface area (Å²) in [5.74, 6) is 0.624. The van der Waals surface area contributed by atoms with Gasteiger partial charge in [-0.3, -0.25) is 9.78 Å². The minimum Gasteiger partial charge on any atom is -0.357 e. The molecule has 1 aromatic heterocycles. The van der Waals surface area contributed by atoms with E-state index in [4.69, 9.17) is 0 Å². The molecule has 1 atom stereocenters. The second-order valence-corrected chi connectivity index (χ2v) is 4.47. The molecule has 0 radical (unpaired) electrons. The number of nitrogens with one attached hydrogen (secondary N) is 2. The van der Waals surface area contributed by atoms with E-state index in [1.165, 1.54) is 0 Å². The molecule has 1 rings (SSSR count). The topological polar surface area (TPSA) is 66.9 Å². The molecule has 0 aliphatic carbocycles. The van der Waals surface area contributed by atoms with Crippen molar-refractivity contribution in [1.82, 2.24) is 15.3 Å². The van der Waals surface area contributed by atoms with Gasteiger partial charge in [-0.25, -0.2) is 4.98 Å². The average Bonchev–Trinajstić information content (AvgIpc) is 2.22. The van der Waals surface area contributed by atoms with Gasteiger partial charge in [0, 0.05) is 12.2 Å². The molecule has 0 saturated heterocycles. The SMILES string of the molecule is Cc1cnc(C)c(NC(C)C(=O)NC(C)C)n1. The maximum Gasteiger partial charge on any atom is 0.242 e. The fourth-order valence-electron chi connectivity index (χ4n) is 1.35. The normalized spacial score (nSPS) is 12.4. The van der Waals surface area contributed by atoms with Crippen LogP contribution in [-0.4, -0.2) is 28.0 Å². The average molecular weight is 236 g/mol. The second kappa shape index (κ2) is 5.61. The Labute approximate surface area is 102 Å². The van der Waals surface area contributed by atoms with Crippen LogP contribution in [0.15, 0.2) is 6.20 Å². The molecule has 0 spiro atoms. The van der Waals surface area contributed by atoms with E-state index in [1.807, 2.05) is 27.7 Å². The van der Waals surface area contributed by atoms with Crippen LogP contribution < -0.4 is 10.6 Å². The van der Waals surface area contributed by atoms with Crippen molar-refractivity contribution in [1.29, 1.82) is 0 Å². The highest BCUT2D eigenvalue weighted by atomic mass is 16.2. The molecule has 17 heavy (non-hydrogen) atoms. The lowest BCUT2D eigenvalue weighted by Gasteiger charge is -2.17. The molecule has 5 nitrogen and oxygen atoms in total. The minimum atomic E-state index is -0.327. The van der Waals surface area contributed by atoms with Gasteiger partial charge in [0.2, 0.25) is 5.91 Å². The Hall–Kier alpha value is -1.65. The second-order valence-electron chi connectivity index (χ2n) is 4.47. The molecule has 0 fully saturated rings. The van der Waals surface area contributed by atoms with E-state index in [-0.39, 0.29) is 18.0 Å². The van der Waals surface area contributed by atoms with Gasteiger partial charge in [0.25, 0.3) is 0 Å². The first-order valence-electron chi connectivity index (χ1n) is 5.77. The third-order valence-corrected chi connectivity index (χ3v) is 2.25. The van der Waals surface area contributed by atoms with E-state index >= 15 is 0 Å². The number of carbonyl (C=O) groups excluding carboxylic acids is 1. The van der Waals surface area contributed by atoms with Crippen LogP contribution in [0.1, 0.15) is 32.2 Å². The largest absolute Gasteiger partial charge is 0.357 e. The lowest BCUT2D eigenvalue weighted by molar-refractivity contribution is -0.122. The summed E-state index contributed by atoms with van der Waals surface area (Å²) in [6.45, 7) is 9.41. The summed E-state index contributed by atoms with van der Waals surface area (Å²) in [7, 11) is 0. The minimum absolute atomic E-state index is 0.0392. The Morgan fingerprint density at radius 2 is 1.94 bits per heavy atom. The fraction of sp³-hybridized carbons (Fsp3) is 0.583. The van der Waals surface area contributed by atoms with Crippen LogP contribution in [0, 0.1) is 13.8 Å². The zero-order valence-electron chi connectivity index (χ0n) is 11.0. The van der Waals surface area contributed by atoms with Gasteiger partial charge in [-0.1, -0.05) is 0 Å². The van der Waals surface area contributed by atoms with Crippen molar-refractivity contribution in [2.24, 2.45) is 0 Å². The summed E-state index contributed by atoms with van der Waals surface area (Å²) in [6.07, 6.45) is 1.71. The van der Waals surface area contributed by atoms with Crippen LogP contribution in [0.25, 0.3) is 0 Å². The predicted molar refractivity (Wildman–Crippen MR) is 67.9 cm³/mol. The van der Waals surface area contributed by atoms with E-state index < -0.39 is 0 Å². The van der Waals surface area contributed by atoms with Gasteiger partial charge in [-0.05, 0) is 34.6 Å². The highest BCUT2D eigenvalue weighted by molar-refractivity contribution is 5.84. The van der Waals surface area contributed by atoms with Crippen LogP contribution in [0.5, 0.6) is 0 Å². The van der Waals surface area contributed by atoms with Crippen molar-refractivity contribution < 1.29 is 4.79 Å². The van der Waals surface area contributed by atoms with Gasteiger partial charge >= 0.3 is 0 Å². The summed E-state index contributed by atoms with van der Waals surface area (Å²) in [5.41, 5.74) is 1.62. The number of nitrogens with zero attached hydrogens (tertiary/aromatic N) is 2. The summed E-state index contributed by atoms with van der Waals surface area (Å²) >= 11 is 0. The number of amides is 1. The fourth-order valence-corrected chi connectivity index (χ4v) is 1.35. The number of aryl methyl sites for hydroxylation is 2. The highest BCUT2D eigenvalue weighted by Crippen LogP contribution is 2.10. The smallest absolute Gasteiger partial charge is 0.242 e. The third kappa shape index (κ3) is 4.01. The summed E-state index contributed by atoms with van der Waals surface area (Å²) in [5, 5.41) is 5.92. The Kier molecular flexibility index (Phi) is 4.43. The first-order valence-corrected chi connectivity index (χ1v) is 5.77. The predicted octanol–water partition coefficient (Wildman–Crippen LogP) is 1.42. The Morgan fingerprint density at radius 3 is 2.53 bits per heavy atom. The van der Waals surface area contributed by atoms with Gasteiger partial charge < -0.3 is 10.6 Å². The number of anilines is 1. The Bertz CT molecular complexity index is 403. The van der Waals surface area contributed by atoms with E-state index in [0.717, 1.165) is 11.4 Å². The number of hydrogen-bond acceptors (Lipinski definition) is 4. The number of carbonyl (C=O) groups is 1. The quantitative estimate of drug-likeness (QED) is 0.829. The molecular formula is C12H20N4O. The number of hydrogen-bond donors (Lipinski definition) is 2. The lowest BCUT2D eigenvalue weighted by Crippen LogP contribution is -2.41. The van der Waals surface area contributed by atoms with Crippen LogP contribution in [0.4, 0.5) is 5.82 Å². The van der Waals surface area contributed by atoms with Gasteiger partial charge in [0.15, 0.2) is 0 Å². The lowest BCUT2D eigenvalue weighted by atomic mass is 10.2. The maximum atomic E-state index is 11.7. The zero-order chi connectivity index (χ0) is 13.0. The molecular weight excluding hydrogens is 216 g/mol. The summed E-state index contributed by atoms with van der Waals surface area (Å²) in [4.78, 5) is 20.2. The molecule has 1 amide bonds. The number of aromatic nitrogens is 2. The zero-order valence-corrected chi connectivity index (χ0v) is 11.0. The number of rotatable bonds is 4. The van der Waals surface area contributed by atoms with Crippen LogP contribution in [0.2, 0.25) is 0 Å². The summed E-state index contributed by atoms with van der Waals surface area (Å²) in [6, 6.07) is -0.191. The standard InChI is InChI=1S/C12H20N4O/c1-7(2)14-12(17)10(5)16-11-9(4)13-6-8(3)15-11/h6-7,10H,1-5H3,(H,14,17)(H,15,16). The highest BCUT2D eigenvalue weighted by Gasteiger charge is 2.15. The molecule has 0 aliphatic rings. The molecule has 2 N–H and O–H groups in total. The van der Waals surface area contributed by atoms with E-state index in [0.29, 0.717) is 5.82 Å². The molecule has 0 saturated carbocycles. The van der Waals surface area contributed by atoms with Crippen molar-refractivity contribution in [2.45, 2.75) is 46.7 Å². The van der Waals surface area contributed by atoms with E-state index in [9.17, 15) is 4.79 Å². The maximum absolute atomic E-state index is 11.7. The molecule has 1 aromatic rings. The molecule has 0 bridgehead atoms. The monoisotopic (exact) mass is 236 g/mol. The Balaban J connectivity index is 2.70. The first-order chi connectivity index (χ1) is 7.90. The van der Waals surface area contributed by atoms with Gasteiger partial charge in [0.1, 0.15) is 11.9 Å². The molecule has 94 valence electrons. The van der Waals surface area contributed by atoms with Crippen molar-refractivity contribution in [3.05, 3.63) is 17.6 Å².